The summed E-state index contributed by atoms with van der Waals surface area (Å²) in [6.07, 6.45) is -0.434. The summed E-state index contributed by atoms with van der Waals surface area (Å²) in [6, 6.07) is 11.5. The van der Waals surface area contributed by atoms with Crippen LogP contribution in [-0.2, 0) is 27.2 Å². The lowest BCUT2D eigenvalue weighted by Gasteiger charge is -2.13. The second kappa shape index (κ2) is 11.4. The van der Waals surface area contributed by atoms with Crippen molar-refractivity contribution in [1.29, 1.82) is 0 Å². The van der Waals surface area contributed by atoms with Crippen LogP contribution < -0.4 is 14.8 Å². The molecule has 174 valence electrons. The number of esters is 1. The Morgan fingerprint density at radius 3 is 2.52 bits per heavy atom. The van der Waals surface area contributed by atoms with E-state index in [9.17, 15) is 14.0 Å². The normalized spacial score (nSPS) is 11.5. The summed E-state index contributed by atoms with van der Waals surface area (Å²) < 4.78 is 28.7. The van der Waals surface area contributed by atoms with Crippen LogP contribution in [0.5, 0.6) is 11.5 Å². The van der Waals surface area contributed by atoms with Crippen LogP contribution in [0, 0.1) is 5.82 Å². The van der Waals surface area contributed by atoms with E-state index in [1.165, 1.54) is 30.4 Å². The summed E-state index contributed by atoms with van der Waals surface area (Å²) in [7, 11) is 3.13. The molecule has 1 amide bonds. The zero-order valence-corrected chi connectivity index (χ0v) is 19.4. The molecule has 0 spiro atoms. The van der Waals surface area contributed by atoms with Crippen LogP contribution in [0.1, 0.15) is 18.2 Å². The molecule has 0 aliphatic carbocycles. The van der Waals surface area contributed by atoms with E-state index in [-0.39, 0.29) is 12.2 Å². The highest BCUT2D eigenvalue weighted by Gasteiger charge is 2.19. The van der Waals surface area contributed by atoms with Gasteiger partial charge in [0.15, 0.2) is 17.6 Å². The SMILES string of the molecule is COc1ccc(-c2nc(CC(=O)OC(C)C(=O)NCCc3ccc(F)cc3)cs2)cc1OC. The molecule has 0 aliphatic heterocycles. The van der Waals surface area contributed by atoms with Crippen molar-refractivity contribution in [2.45, 2.75) is 25.9 Å². The van der Waals surface area contributed by atoms with Crippen LogP contribution in [0.3, 0.4) is 0 Å². The van der Waals surface area contributed by atoms with Crippen LogP contribution in [0.2, 0.25) is 0 Å². The number of aromatic nitrogens is 1. The first kappa shape index (κ1) is 24.2. The van der Waals surface area contributed by atoms with Crippen molar-refractivity contribution >= 4 is 23.2 Å². The third kappa shape index (κ3) is 6.76. The molecule has 1 atom stereocenters. The first-order valence-corrected chi connectivity index (χ1v) is 11.2. The molecule has 0 bridgehead atoms. The number of thiazole rings is 1. The molecule has 1 heterocycles. The minimum atomic E-state index is -0.935. The van der Waals surface area contributed by atoms with Crippen molar-refractivity contribution in [2.75, 3.05) is 20.8 Å². The minimum absolute atomic E-state index is 0.0447. The van der Waals surface area contributed by atoms with Gasteiger partial charge in [0.2, 0.25) is 0 Å². The summed E-state index contributed by atoms with van der Waals surface area (Å²) in [5, 5.41) is 5.22. The minimum Gasteiger partial charge on any atom is -0.493 e. The molecular formula is C24H25FN2O5S. The van der Waals surface area contributed by atoms with E-state index >= 15 is 0 Å². The Kier molecular flexibility index (Phi) is 8.37. The smallest absolute Gasteiger partial charge is 0.312 e. The van der Waals surface area contributed by atoms with Gasteiger partial charge in [-0.2, -0.15) is 0 Å². The molecule has 7 nitrogen and oxygen atoms in total. The van der Waals surface area contributed by atoms with Crippen LogP contribution in [0.25, 0.3) is 10.6 Å². The molecule has 33 heavy (non-hydrogen) atoms. The van der Waals surface area contributed by atoms with Crippen LogP contribution in [0.4, 0.5) is 4.39 Å². The number of amides is 1. The van der Waals surface area contributed by atoms with Gasteiger partial charge in [-0.25, -0.2) is 9.37 Å². The van der Waals surface area contributed by atoms with Crippen molar-refractivity contribution < 1.29 is 28.2 Å². The number of rotatable bonds is 10. The van der Waals surface area contributed by atoms with Crippen molar-refractivity contribution in [3.05, 3.63) is 64.9 Å². The Bertz CT molecular complexity index is 1100. The fourth-order valence-electron chi connectivity index (χ4n) is 3.06. The fraction of sp³-hybridized carbons (Fsp3) is 0.292. The lowest BCUT2D eigenvalue weighted by Crippen LogP contribution is -2.37. The Morgan fingerprint density at radius 1 is 1.09 bits per heavy atom. The van der Waals surface area contributed by atoms with E-state index in [1.54, 1.807) is 37.8 Å². The summed E-state index contributed by atoms with van der Waals surface area (Å²) >= 11 is 1.39. The van der Waals surface area contributed by atoms with Crippen molar-refractivity contribution in [3.63, 3.8) is 0 Å². The van der Waals surface area contributed by atoms with Crippen molar-refractivity contribution in [3.8, 4) is 22.1 Å². The zero-order chi connectivity index (χ0) is 23.8. The predicted octanol–water partition coefficient (Wildman–Crippen LogP) is 3.80. The van der Waals surface area contributed by atoms with Gasteiger partial charge in [-0.05, 0) is 49.2 Å². The molecule has 3 rings (SSSR count). The molecule has 2 aromatic carbocycles. The van der Waals surface area contributed by atoms with E-state index in [2.05, 4.69) is 10.3 Å². The number of hydrogen-bond donors (Lipinski definition) is 1. The number of benzene rings is 2. The molecule has 0 radical (unpaired) electrons. The first-order valence-electron chi connectivity index (χ1n) is 10.3. The number of methoxy groups -OCH3 is 2. The highest BCUT2D eigenvalue weighted by Crippen LogP contribution is 2.33. The molecule has 3 aromatic rings. The molecule has 0 saturated carbocycles. The maximum Gasteiger partial charge on any atom is 0.312 e. The zero-order valence-electron chi connectivity index (χ0n) is 18.6. The standard InChI is InChI=1S/C24H25FN2O5S/c1-15(23(29)26-11-10-16-4-7-18(25)8-5-16)32-22(28)13-19-14-33-24(27-19)17-6-9-20(30-2)21(12-17)31-3/h4-9,12,14-15H,10-11,13H2,1-3H3,(H,26,29). The highest BCUT2D eigenvalue weighted by molar-refractivity contribution is 7.13. The van der Waals surface area contributed by atoms with Crippen LogP contribution in [-0.4, -0.2) is 43.7 Å². The van der Waals surface area contributed by atoms with E-state index < -0.39 is 18.0 Å². The second-order valence-corrected chi connectivity index (χ2v) is 8.05. The number of carbonyl (C=O) groups is 2. The van der Waals surface area contributed by atoms with Crippen LogP contribution in [0.15, 0.2) is 47.8 Å². The van der Waals surface area contributed by atoms with Gasteiger partial charge in [0.25, 0.3) is 5.91 Å². The number of nitrogens with zero attached hydrogens (tertiary/aromatic N) is 1. The van der Waals surface area contributed by atoms with Gasteiger partial charge >= 0.3 is 5.97 Å². The highest BCUT2D eigenvalue weighted by atomic mass is 32.1. The topological polar surface area (TPSA) is 86.8 Å². The second-order valence-electron chi connectivity index (χ2n) is 7.19. The average Bonchev–Trinajstić information content (AvgIpc) is 3.27. The van der Waals surface area contributed by atoms with Crippen molar-refractivity contribution in [1.82, 2.24) is 10.3 Å². The quantitative estimate of drug-likeness (QED) is 0.452. The number of ether oxygens (including phenoxy) is 3. The lowest BCUT2D eigenvalue weighted by molar-refractivity contribution is -0.154. The molecule has 9 heteroatoms. The van der Waals surface area contributed by atoms with Gasteiger partial charge in [0, 0.05) is 17.5 Å². The van der Waals surface area contributed by atoms with Crippen molar-refractivity contribution in [2.24, 2.45) is 0 Å². The Labute approximate surface area is 195 Å². The van der Waals surface area contributed by atoms with E-state index in [0.717, 1.165) is 16.1 Å². The Balaban J connectivity index is 1.48. The monoisotopic (exact) mass is 472 g/mol. The molecule has 0 saturated heterocycles. The molecule has 0 aliphatic rings. The van der Waals surface area contributed by atoms with Gasteiger partial charge < -0.3 is 19.5 Å². The third-order valence-electron chi connectivity index (χ3n) is 4.81. The number of halogens is 1. The molecule has 1 aromatic heterocycles. The lowest BCUT2D eigenvalue weighted by atomic mass is 10.1. The third-order valence-corrected chi connectivity index (χ3v) is 5.75. The van der Waals surface area contributed by atoms with Gasteiger partial charge in [-0.15, -0.1) is 11.3 Å². The van der Waals surface area contributed by atoms with E-state index in [0.29, 0.717) is 30.2 Å². The average molecular weight is 473 g/mol. The van der Waals surface area contributed by atoms with E-state index in [1.807, 2.05) is 12.1 Å². The van der Waals surface area contributed by atoms with E-state index in [4.69, 9.17) is 14.2 Å². The largest absolute Gasteiger partial charge is 0.493 e. The summed E-state index contributed by atoms with van der Waals surface area (Å²) in [4.78, 5) is 29.0. The summed E-state index contributed by atoms with van der Waals surface area (Å²) in [6.45, 7) is 1.87. The first-order chi connectivity index (χ1) is 15.9. The molecule has 1 N–H and O–H groups in total. The van der Waals surface area contributed by atoms with Gasteiger partial charge in [-0.1, -0.05) is 12.1 Å². The molecule has 0 fully saturated rings. The van der Waals surface area contributed by atoms with Gasteiger partial charge in [0.1, 0.15) is 10.8 Å². The number of carbonyl (C=O) groups excluding carboxylic acids is 2. The predicted molar refractivity (Wildman–Crippen MR) is 123 cm³/mol. The fourth-order valence-corrected chi connectivity index (χ4v) is 3.87. The maximum atomic E-state index is 12.9. The van der Waals surface area contributed by atoms with Crippen LogP contribution >= 0.6 is 11.3 Å². The summed E-state index contributed by atoms with van der Waals surface area (Å²) in [5.74, 6) is -0.0358. The van der Waals surface area contributed by atoms with Gasteiger partial charge in [0.05, 0.1) is 26.3 Å². The Morgan fingerprint density at radius 2 is 1.82 bits per heavy atom. The number of hydrogen-bond acceptors (Lipinski definition) is 7. The maximum absolute atomic E-state index is 12.9. The molecular weight excluding hydrogens is 447 g/mol. The summed E-state index contributed by atoms with van der Waals surface area (Å²) in [5.41, 5.74) is 2.29. The Hall–Kier alpha value is -3.46. The molecule has 1 unspecified atom stereocenters. The van der Waals surface area contributed by atoms with Gasteiger partial charge in [-0.3, -0.25) is 9.59 Å². The number of nitrogens with one attached hydrogen (secondary N) is 1.